The number of aryl methyl sites for hydroxylation is 1. The molecule has 1 heterocycles. The molecule has 6 nitrogen and oxygen atoms in total. The van der Waals surface area contributed by atoms with E-state index in [0.717, 1.165) is 54.1 Å². The van der Waals surface area contributed by atoms with E-state index in [9.17, 15) is 9.90 Å². The first kappa shape index (κ1) is 14.2. The molecule has 3 fully saturated rings. The van der Waals surface area contributed by atoms with Crippen molar-refractivity contribution in [2.24, 2.45) is 10.8 Å². The molecule has 6 heteroatoms. The summed E-state index contributed by atoms with van der Waals surface area (Å²) < 4.78 is 5.21. The van der Waals surface area contributed by atoms with Crippen LogP contribution in [0, 0.1) is 17.8 Å². The zero-order valence-corrected chi connectivity index (χ0v) is 13.2. The predicted octanol–water partition coefficient (Wildman–Crippen LogP) is 2.61. The lowest BCUT2D eigenvalue weighted by Gasteiger charge is -2.68. The van der Waals surface area contributed by atoms with E-state index in [4.69, 9.17) is 4.74 Å². The zero-order chi connectivity index (χ0) is 16.2. The molecule has 3 aliphatic rings. The standard InChI is InChI=1S/C17H19N3O3/c1-10-14(18-9-16-6-17(7-16,8-16)15(21)22)20-12-4-3-11(23-2)5-13(12)19-10/h3-5H,6-9H2,1-2H3,(H,18,20)(H,21,22). The molecule has 0 spiro atoms. The summed E-state index contributed by atoms with van der Waals surface area (Å²) in [6, 6.07) is 5.64. The first-order valence-corrected chi connectivity index (χ1v) is 7.75. The molecule has 0 aliphatic heterocycles. The fraction of sp³-hybridized carbons (Fsp3) is 0.471. The number of carboxylic acid groups (broad SMARTS) is 1. The van der Waals surface area contributed by atoms with Crippen LogP contribution in [0.15, 0.2) is 18.2 Å². The molecule has 120 valence electrons. The largest absolute Gasteiger partial charge is 0.497 e. The Kier molecular flexibility index (Phi) is 2.83. The van der Waals surface area contributed by atoms with Gasteiger partial charge >= 0.3 is 5.97 Å². The maximum absolute atomic E-state index is 11.2. The van der Waals surface area contributed by atoms with Crippen molar-refractivity contribution in [3.05, 3.63) is 23.9 Å². The molecule has 1 aromatic carbocycles. The number of carbonyl (C=O) groups is 1. The van der Waals surface area contributed by atoms with Crippen LogP contribution in [-0.4, -0.2) is 34.7 Å². The Morgan fingerprint density at radius 1 is 1.30 bits per heavy atom. The molecule has 2 aromatic rings. The van der Waals surface area contributed by atoms with Gasteiger partial charge in [0.05, 0.1) is 29.3 Å². The third-order valence-electron chi connectivity index (χ3n) is 5.27. The molecule has 5 rings (SSSR count). The highest BCUT2D eigenvalue weighted by molar-refractivity contribution is 5.80. The molecule has 23 heavy (non-hydrogen) atoms. The number of fused-ring (bicyclic) bond motifs is 1. The number of hydrogen-bond donors (Lipinski definition) is 2. The number of methoxy groups -OCH3 is 1. The van der Waals surface area contributed by atoms with Crippen molar-refractivity contribution in [3.8, 4) is 5.75 Å². The minimum absolute atomic E-state index is 0.140. The topological polar surface area (TPSA) is 84.3 Å². The summed E-state index contributed by atoms with van der Waals surface area (Å²) in [7, 11) is 1.63. The average Bonchev–Trinajstić information content (AvgIpc) is 2.43. The molecule has 1 aromatic heterocycles. The Morgan fingerprint density at radius 3 is 2.70 bits per heavy atom. The number of ether oxygens (including phenoxy) is 1. The Morgan fingerprint density at radius 2 is 2.04 bits per heavy atom. The highest BCUT2D eigenvalue weighted by Gasteiger charge is 2.71. The first-order chi connectivity index (χ1) is 11.0. The summed E-state index contributed by atoms with van der Waals surface area (Å²) in [4.78, 5) is 20.4. The number of nitrogens with one attached hydrogen (secondary N) is 1. The summed E-state index contributed by atoms with van der Waals surface area (Å²) in [5.41, 5.74) is 2.18. The van der Waals surface area contributed by atoms with Crippen LogP contribution in [0.1, 0.15) is 25.0 Å². The average molecular weight is 313 g/mol. The van der Waals surface area contributed by atoms with Crippen molar-refractivity contribution in [1.82, 2.24) is 9.97 Å². The molecule has 0 amide bonds. The summed E-state index contributed by atoms with van der Waals surface area (Å²) in [5.74, 6) is 0.895. The number of nitrogens with zero attached hydrogens (tertiary/aromatic N) is 2. The smallest absolute Gasteiger partial charge is 0.309 e. The highest BCUT2D eigenvalue weighted by atomic mass is 16.5. The number of aliphatic carboxylic acids is 1. The van der Waals surface area contributed by atoms with Crippen molar-refractivity contribution in [2.75, 3.05) is 19.0 Å². The van der Waals surface area contributed by atoms with E-state index < -0.39 is 11.4 Å². The summed E-state index contributed by atoms with van der Waals surface area (Å²) in [6.45, 7) is 2.69. The van der Waals surface area contributed by atoms with Gasteiger partial charge in [0.25, 0.3) is 0 Å². The summed E-state index contributed by atoms with van der Waals surface area (Å²) in [6.07, 6.45) is 2.33. The van der Waals surface area contributed by atoms with Gasteiger partial charge in [-0.3, -0.25) is 4.79 Å². The van der Waals surface area contributed by atoms with Crippen LogP contribution < -0.4 is 10.1 Å². The lowest BCUT2D eigenvalue weighted by atomic mass is 9.35. The molecular formula is C17H19N3O3. The number of carboxylic acids is 1. The van der Waals surface area contributed by atoms with Crippen LogP contribution in [0.25, 0.3) is 11.0 Å². The van der Waals surface area contributed by atoms with Crippen molar-refractivity contribution in [1.29, 1.82) is 0 Å². The third-order valence-corrected chi connectivity index (χ3v) is 5.27. The SMILES string of the molecule is COc1ccc2nc(NCC34CC(C(=O)O)(C3)C4)c(C)nc2c1. The van der Waals surface area contributed by atoms with Gasteiger partial charge in [-0.15, -0.1) is 0 Å². The molecule has 0 unspecified atom stereocenters. The van der Waals surface area contributed by atoms with E-state index in [1.54, 1.807) is 7.11 Å². The van der Waals surface area contributed by atoms with Gasteiger partial charge < -0.3 is 15.2 Å². The third kappa shape index (κ3) is 2.04. The van der Waals surface area contributed by atoms with Gasteiger partial charge in [0, 0.05) is 12.6 Å². The van der Waals surface area contributed by atoms with Gasteiger partial charge in [-0.25, -0.2) is 9.97 Å². The summed E-state index contributed by atoms with van der Waals surface area (Å²) in [5, 5.41) is 12.6. The van der Waals surface area contributed by atoms with Crippen LogP contribution in [0.5, 0.6) is 5.75 Å². The van der Waals surface area contributed by atoms with E-state index in [2.05, 4.69) is 15.3 Å². The van der Waals surface area contributed by atoms with Crippen molar-refractivity contribution in [3.63, 3.8) is 0 Å². The normalized spacial score (nSPS) is 27.9. The number of aromatic nitrogens is 2. The lowest BCUT2D eigenvalue weighted by molar-refractivity contribution is -0.217. The minimum atomic E-state index is -0.644. The number of hydrogen-bond acceptors (Lipinski definition) is 5. The maximum Gasteiger partial charge on any atom is 0.309 e. The van der Waals surface area contributed by atoms with E-state index in [0.29, 0.717) is 0 Å². The fourth-order valence-corrected chi connectivity index (χ4v) is 4.10. The second-order valence-corrected chi connectivity index (χ2v) is 6.98. The van der Waals surface area contributed by atoms with Crippen LogP contribution in [-0.2, 0) is 4.79 Å². The first-order valence-electron chi connectivity index (χ1n) is 7.75. The van der Waals surface area contributed by atoms with Gasteiger partial charge in [-0.1, -0.05) is 0 Å². The molecule has 3 saturated carbocycles. The van der Waals surface area contributed by atoms with E-state index in [1.165, 1.54) is 0 Å². The molecule has 0 saturated heterocycles. The van der Waals surface area contributed by atoms with Gasteiger partial charge in [0.15, 0.2) is 0 Å². The van der Waals surface area contributed by atoms with Gasteiger partial charge in [-0.05, 0) is 43.7 Å². The lowest BCUT2D eigenvalue weighted by Crippen LogP contribution is -2.67. The van der Waals surface area contributed by atoms with Crippen molar-refractivity contribution >= 4 is 22.8 Å². The Labute approximate surface area is 133 Å². The van der Waals surface area contributed by atoms with Gasteiger partial charge in [0.2, 0.25) is 0 Å². The predicted molar refractivity (Wildman–Crippen MR) is 85.7 cm³/mol. The van der Waals surface area contributed by atoms with Crippen LogP contribution in [0.3, 0.4) is 0 Å². The van der Waals surface area contributed by atoms with Crippen molar-refractivity contribution < 1.29 is 14.6 Å². The fourth-order valence-electron chi connectivity index (χ4n) is 4.10. The number of rotatable bonds is 5. The van der Waals surface area contributed by atoms with E-state index >= 15 is 0 Å². The molecule has 2 N–H and O–H groups in total. The minimum Gasteiger partial charge on any atom is -0.497 e. The van der Waals surface area contributed by atoms with Crippen LogP contribution >= 0.6 is 0 Å². The molecule has 0 radical (unpaired) electrons. The number of anilines is 1. The molecule has 3 aliphatic carbocycles. The summed E-state index contributed by atoms with van der Waals surface area (Å²) >= 11 is 0. The molecular weight excluding hydrogens is 294 g/mol. The maximum atomic E-state index is 11.2. The molecule has 2 bridgehead atoms. The second kappa shape index (κ2) is 4.57. The molecule has 0 atom stereocenters. The van der Waals surface area contributed by atoms with Gasteiger partial charge in [-0.2, -0.15) is 0 Å². The highest BCUT2D eigenvalue weighted by Crippen LogP contribution is 2.73. The monoisotopic (exact) mass is 313 g/mol. The van der Waals surface area contributed by atoms with Gasteiger partial charge in [0.1, 0.15) is 11.6 Å². The van der Waals surface area contributed by atoms with Crippen molar-refractivity contribution in [2.45, 2.75) is 26.2 Å². The number of benzene rings is 1. The Hall–Kier alpha value is -2.37. The Bertz CT molecular complexity index is 798. The van der Waals surface area contributed by atoms with Crippen LogP contribution in [0.2, 0.25) is 0 Å². The van der Waals surface area contributed by atoms with E-state index in [-0.39, 0.29) is 5.41 Å². The van der Waals surface area contributed by atoms with E-state index in [1.807, 2.05) is 25.1 Å². The van der Waals surface area contributed by atoms with Crippen LogP contribution in [0.4, 0.5) is 5.82 Å². The zero-order valence-electron chi connectivity index (χ0n) is 13.2. The quantitative estimate of drug-likeness (QED) is 0.882. The Balaban J connectivity index is 1.50. The second-order valence-electron chi connectivity index (χ2n) is 6.98.